The molecule has 4 nitrogen and oxygen atoms in total. The van der Waals surface area contributed by atoms with Gasteiger partial charge in [-0.3, -0.25) is 4.79 Å². The van der Waals surface area contributed by atoms with E-state index in [4.69, 9.17) is 0 Å². The van der Waals surface area contributed by atoms with Crippen LogP contribution < -0.4 is 0 Å². The quantitative estimate of drug-likeness (QED) is 0.577. The van der Waals surface area contributed by atoms with E-state index in [0.29, 0.717) is 12.3 Å². The minimum atomic E-state index is -3.48. The number of amides is 1. The number of hydrogen-bond acceptors (Lipinski definition) is 3. The van der Waals surface area contributed by atoms with Gasteiger partial charge in [0.25, 0.3) is 0 Å². The molecule has 3 rings (SSSR count). The second-order valence-corrected chi connectivity index (χ2v) is 10.3. The molecule has 2 saturated carbocycles. The highest BCUT2D eigenvalue weighted by atomic mass is 32.2. The Morgan fingerprint density at radius 2 is 2.08 bits per heavy atom. The van der Waals surface area contributed by atoms with Crippen molar-refractivity contribution in [2.75, 3.05) is 5.75 Å². The molecule has 24 heavy (non-hydrogen) atoms. The molecule has 1 aliphatic heterocycles. The molecule has 134 valence electrons. The predicted molar refractivity (Wildman–Crippen MR) is 94.4 cm³/mol. The molecular formula is C19H29NO3S. The molecule has 1 amide bonds. The van der Waals surface area contributed by atoms with E-state index in [1.165, 1.54) is 4.31 Å². The molecule has 0 N–H and O–H groups in total. The van der Waals surface area contributed by atoms with Crippen LogP contribution in [0.15, 0.2) is 0 Å². The number of hydrogen-bond donors (Lipinski definition) is 0. The van der Waals surface area contributed by atoms with Gasteiger partial charge < -0.3 is 0 Å². The molecule has 3 fully saturated rings. The first-order chi connectivity index (χ1) is 11.2. The fourth-order valence-electron chi connectivity index (χ4n) is 5.54. The standard InChI is InChI=1S/C19H29NO3S/c1-5-6-7-8-9-14(2)17(21)20-16-12-15-10-11-19(16,18(15,3)4)13-24(20,22)23/h14-16H,7-13H2,1-4H3/t14-,15-,16-,19-/m0/s1. The normalized spacial score (nSPS) is 36.1. The first kappa shape index (κ1) is 17.8. The molecule has 1 heterocycles. The maximum Gasteiger partial charge on any atom is 0.239 e. The molecule has 0 radical (unpaired) electrons. The van der Waals surface area contributed by atoms with Crippen LogP contribution in [-0.4, -0.2) is 30.4 Å². The Labute approximate surface area is 146 Å². The summed E-state index contributed by atoms with van der Waals surface area (Å²) in [6.45, 7) is 8.09. The first-order valence-electron chi connectivity index (χ1n) is 9.13. The highest BCUT2D eigenvalue weighted by molar-refractivity contribution is 7.90. The van der Waals surface area contributed by atoms with Crippen LogP contribution in [-0.2, 0) is 14.8 Å². The monoisotopic (exact) mass is 351 g/mol. The van der Waals surface area contributed by atoms with E-state index < -0.39 is 10.0 Å². The number of unbranched alkanes of at least 4 members (excludes halogenated alkanes) is 1. The van der Waals surface area contributed by atoms with Crippen molar-refractivity contribution in [1.82, 2.24) is 4.31 Å². The van der Waals surface area contributed by atoms with Crippen LogP contribution in [0.2, 0.25) is 0 Å². The summed E-state index contributed by atoms with van der Waals surface area (Å²) >= 11 is 0. The lowest BCUT2D eigenvalue weighted by Gasteiger charge is -2.37. The third kappa shape index (κ3) is 2.33. The highest BCUT2D eigenvalue weighted by Gasteiger charge is 2.72. The maximum atomic E-state index is 13.0. The summed E-state index contributed by atoms with van der Waals surface area (Å²) in [6, 6.07) is -0.110. The average molecular weight is 352 g/mol. The van der Waals surface area contributed by atoms with Crippen LogP contribution in [0.1, 0.15) is 66.2 Å². The van der Waals surface area contributed by atoms with E-state index in [2.05, 4.69) is 25.7 Å². The smallest absolute Gasteiger partial charge is 0.239 e. The number of carbonyl (C=O) groups is 1. The topological polar surface area (TPSA) is 54.5 Å². The summed E-state index contributed by atoms with van der Waals surface area (Å²) in [5.74, 6) is 6.12. The minimum absolute atomic E-state index is 0.0136. The zero-order valence-electron chi connectivity index (χ0n) is 15.3. The zero-order valence-corrected chi connectivity index (χ0v) is 16.1. The van der Waals surface area contributed by atoms with E-state index in [1.54, 1.807) is 0 Å². The van der Waals surface area contributed by atoms with Gasteiger partial charge in [-0.2, -0.15) is 0 Å². The molecule has 2 aliphatic carbocycles. The Balaban J connectivity index is 1.81. The van der Waals surface area contributed by atoms with Crippen molar-refractivity contribution < 1.29 is 13.2 Å². The van der Waals surface area contributed by atoms with E-state index in [1.807, 2.05) is 13.8 Å². The van der Waals surface area contributed by atoms with Crippen molar-refractivity contribution in [3.05, 3.63) is 0 Å². The van der Waals surface area contributed by atoms with Crippen LogP contribution in [0.4, 0.5) is 0 Å². The van der Waals surface area contributed by atoms with Crippen molar-refractivity contribution >= 4 is 15.9 Å². The van der Waals surface area contributed by atoms with Gasteiger partial charge in [-0.05, 0) is 50.4 Å². The summed E-state index contributed by atoms with van der Waals surface area (Å²) in [5, 5.41) is 0. The number of sulfonamides is 1. The zero-order chi connectivity index (χ0) is 17.8. The molecule has 4 atom stereocenters. The van der Waals surface area contributed by atoms with Gasteiger partial charge in [-0.25, -0.2) is 12.7 Å². The first-order valence-corrected chi connectivity index (χ1v) is 10.7. The number of carbonyl (C=O) groups excluding carboxylic acids is 1. The Morgan fingerprint density at radius 3 is 2.71 bits per heavy atom. The lowest BCUT2D eigenvalue weighted by molar-refractivity contribution is -0.132. The molecular weight excluding hydrogens is 322 g/mol. The second-order valence-electron chi connectivity index (χ2n) is 8.48. The average Bonchev–Trinajstić information content (AvgIpc) is 2.97. The highest BCUT2D eigenvalue weighted by Crippen LogP contribution is 2.70. The van der Waals surface area contributed by atoms with Crippen molar-refractivity contribution in [3.63, 3.8) is 0 Å². The molecule has 0 aromatic carbocycles. The number of nitrogens with zero attached hydrogens (tertiary/aromatic N) is 1. The number of rotatable bonds is 4. The summed E-state index contributed by atoms with van der Waals surface area (Å²) in [7, 11) is -3.48. The van der Waals surface area contributed by atoms with Crippen molar-refractivity contribution in [2.45, 2.75) is 72.3 Å². The van der Waals surface area contributed by atoms with Crippen LogP contribution >= 0.6 is 0 Å². The minimum Gasteiger partial charge on any atom is -0.273 e. The lowest BCUT2D eigenvalue weighted by atomic mass is 9.69. The Hall–Kier alpha value is -1.02. The summed E-state index contributed by atoms with van der Waals surface area (Å²) < 4.78 is 27.0. The van der Waals surface area contributed by atoms with Gasteiger partial charge in [0.2, 0.25) is 15.9 Å². The number of fused-ring (bicyclic) bond motifs is 1. The van der Waals surface area contributed by atoms with Crippen molar-refractivity contribution in [3.8, 4) is 11.8 Å². The third-order valence-electron chi connectivity index (χ3n) is 7.17. The third-order valence-corrected chi connectivity index (χ3v) is 9.08. The van der Waals surface area contributed by atoms with Gasteiger partial charge in [-0.1, -0.05) is 20.8 Å². The molecule has 1 saturated heterocycles. The maximum absolute atomic E-state index is 13.0. The molecule has 1 spiro atoms. The van der Waals surface area contributed by atoms with Crippen molar-refractivity contribution in [1.29, 1.82) is 0 Å². The second kappa shape index (κ2) is 5.76. The van der Waals surface area contributed by atoms with Crippen LogP contribution in [0.5, 0.6) is 0 Å². The van der Waals surface area contributed by atoms with E-state index in [0.717, 1.165) is 32.1 Å². The fourth-order valence-corrected chi connectivity index (χ4v) is 8.17. The molecule has 2 bridgehead atoms. The molecule has 0 aromatic heterocycles. The van der Waals surface area contributed by atoms with Crippen LogP contribution in [0, 0.1) is 34.5 Å². The van der Waals surface area contributed by atoms with Crippen LogP contribution in [0.25, 0.3) is 0 Å². The van der Waals surface area contributed by atoms with E-state index in [-0.39, 0.29) is 34.4 Å². The lowest BCUT2D eigenvalue weighted by Crippen LogP contribution is -2.45. The summed E-state index contributed by atoms with van der Waals surface area (Å²) in [6.07, 6.45) is 5.21. The van der Waals surface area contributed by atoms with Gasteiger partial charge in [0.15, 0.2) is 0 Å². The van der Waals surface area contributed by atoms with Gasteiger partial charge in [0, 0.05) is 17.8 Å². The van der Waals surface area contributed by atoms with Gasteiger partial charge >= 0.3 is 0 Å². The molecule has 0 aromatic rings. The van der Waals surface area contributed by atoms with Gasteiger partial charge in [-0.15, -0.1) is 11.8 Å². The predicted octanol–water partition coefficient (Wildman–Crippen LogP) is 3.18. The SMILES string of the molecule is CC#CCCC[C@H](C)C(=O)N1[C@H]2C[C@@H]3CC[C@@]2(CS1(=O)=O)C3(C)C. The van der Waals surface area contributed by atoms with E-state index in [9.17, 15) is 13.2 Å². The summed E-state index contributed by atoms with van der Waals surface area (Å²) in [4.78, 5) is 13.0. The Morgan fingerprint density at radius 1 is 1.38 bits per heavy atom. The molecule has 5 heteroatoms. The molecule has 3 aliphatic rings. The Bertz CT molecular complexity index is 700. The van der Waals surface area contributed by atoms with Crippen LogP contribution in [0.3, 0.4) is 0 Å². The fraction of sp³-hybridized carbons (Fsp3) is 0.842. The molecule has 0 unspecified atom stereocenters. The Kier molecular flexibility index (Phi) is 4.27. The largest absolute Gasteiger partial charge is 0.273 e. The van der Waals surface area contributed by atoms with Crippen molar-refractivity contribution in [2.24, 2.45) is 22.7 Å². The summed E-state index contributed by atoms with van der Waals surface area (Å²) in [5.41, 5.74) is -0.209. The van der Waals surface area contributed by atoms with Gasteiger partial charge in [0.05, 0.1) is 11.8 Å². The van der Waals surface area contributed by atoms with E-state index >= 15 is 0 Å². The van der Waals surface area contributed by atoms with Gasteiger partial charge in [0.1, 0.15) is 0 Å².